The number of rotatable bonds is 7. The second-order valence-electron chi connectivity index (χ2n) is 5.98. The molecule has 0 aliphatic rings. The number of carbonyl (C=O) groups is 2. The van der Waals surface area contributed by atoms with Gasteiger partial charge in [-0.25, -0.2) is 0 Å². The van der Waals surface area contributed by atoms with E-state index < -0.39 is 0 Å². The lowest BCUT2D eigenvalue weighted by molar-refractivity contribution is -0.117. The second-order valence-corrected chi connectivity index (χ2v) is 5.98. The van der Waals surface area contributed by atoms with Crippen molar-refractivity contribution < 1.29 is 19.1 Å². The minimum Gasteiger partial charge on any atom is -0.497 e. The first-order chi connectivity index (χ1) is 12.9. The summed E-state index contributed by atoms with van der Waals surface area (Å²) in [6.07, 6.45) is 3.15. The van der Waals surface area contributed by atoms with Crippen LogP contribution in [0.15, 0.2) is 48.5 Å². The monoisotopic (exact) mass is 368 g/mol. The average molecular weight is 368 g/mol. The zero-order valence-electron chi connectivity index (χ0n) is 15.9. The van der Waals surface area contributed by atoms with E-state index in [0.29, 0.717) is 17.2 Å². The summed E-state index contributed by atoms with van der Waals surface area (Å²) in [4.78, 5) is 23.4. The molecule has 1 unspecified atom stereocenters. The molecule has 2 amide bonds. The Balaban J connectivity index is 2.05. The first-order valence-electron chi connectivity index (χ1n) is 8.51. The van der Waals surface area contributed by atoms with Crippen molar-refractivity contribution in [2.45, 2.75) is 19.9 Å². The number of amides is 2. The van der Waals surface area contributed by atoms with Crippen molar-refractivity contribution in [3.8, 4) is 11.5 Å². The van der Waals surface area contributed by atoms with E-state index in [9.17, 15) is 9.59 Å². The summed E-state index contributed by atoms with van der Waals surface area (Å²) in [7, 11) is 3.15. The lowest BCUT2D eigenvalue weighted by Gasteiger charge is -2.14. The zero-order valence-corrected chi connectivity index (χ0v) is 15.9. The average Bonchev–Trinajstić information content (AvgIpc) is 2.65. The van der Waals surface area contributed by atoms with Crippen molar-refractivity contribution in [3.05, 3.63) is 59.7 Å². The van der Waals surface area contributed by atoms with Gasteiger partial charge in [0.05, 0.1) is 20.3 Å². The molecule has 2 aromatic carbocycles. The molecule has 6 heteroatoms. The number of methoxy groups -OCH3 is 2. The first-order valence-corrected chi connectivity index (χ1v) is 8.51. The molecule has 6 nitrogen and oxygen atoms in total. The molecule has 0 bridgehead atoms. The number of ether oxygens (including phenoxy) is 2. The van der Waals surface area contributed by atoms with Crippen LogP contribution >= 0.6 is 0 Å². The van der Waals surface area contributed by atoms with Crippen LogP contribution in [0.4, 0.5) is 5.69 Å². The number of anilines is 1. The first kappa shape index (κ1) is 20.0. The maximum Gasteiger partial charge on any atom is 0.244 e. The molecule has 0 fully saturated rings. The summed E-state index contributed by atoms with van der Waals surface area (Å²) < 4.78 is 10.5. The predicted octanol–water partition coefficient (Wildman–Crippen LogP) is 3.55. The number of benzene rings is 2. The van der Waals surface area contributed by atoms with Crippen LogP contribution in [0.25, 0.3) is 6.08 Å². The highest BCUT2D eigenvalue weighted by molar-refractivity contribution is 5.92. The molecule has 2 N–H and O–H groups in total. The third-order valence-corrected chi connectivity index (χ3v) is 3.92. The van der Waals surface area contributed by atoms with Crippen molar-refractivity contribution in [2.24, 2.45) is 0 Å². The highest BCUT2D eigenvalue weighted by atomic mass is 16.5. The van der Waals surface area contributed by atoms with E-state index in [4.69, 9.17) is 9.47 Å². The van der Waals surface area contributed by atoms with E-state index in [2.05, 4.69) is 10.6 Å². The number of hydrogen-bond acceptors (Lipinski definition) is 4. The van der Waals surface area contributed by atoms with Crippen molar-refractivity contribution in [1.29, 1.82) is 0 Å². The van der Waals surface area contributed by atoms with Crippen LogP contribution in [0.1, 0.15) is 31.0 Å². The SMILES string of the molecule is COc1ccc(/C=C/C(=O)NC(C)c2cccc(NC(C)=O)c2)c(OC)c1. The van der Waals surface area contributed by atoms with E-state index in [1.165, 1.54) is 13.0 Å². The van der Waals surface area contributed by atoms with E-state index in [0.717, 1.165) is 11.1 Å². The maximum atomic E-state index is 12.3. The normalized spacial score (nSPS) is 11.7. The van der Waals surface area contributed by atoms with E-state index in [1.807, 2.05) is 31.2 Å². The fourth-order valence-electron chi connectivity index (χ4n) is 2.56. The fraction of sp³-hybridized carbons (Fsp3) is 0.238. The van der Waals surface area contributed by atoms with E-state index >= 15 is 0 Å². The zero-order chi connectivity index (χ0) is 19.8. The molecule has 2 rings (SSSR count). The maximum absolute atomic E-state index is 12.3. The number of hydrogen-bond donors (Lipinski definition) is 2. The van der Waals surface area contributed by atoms with E-state index in [-0.39, 0.29) is 17.9 Å². The van der Waals surface area contributed by atoms with Gasteiger partial charge in [-0.05, 0) is 42.8 Å². The van der Waals surface area contributed by atoms with Gasteiger partial charge < -0.3 is 20.1 Å². The molecule has 27 heavy (non-hydrogen) atoms. The van der Waals surface area contributed by atoms with Crippen LogP contribution in [0.3, 0.4) is 0 Å². The van der Waals surface area contributed by atoms with Crippen molar-refractivity contribution in [1.82, 2.24) is 5.32 Å². The van der Waals surface area contributed by atoms with Gasteiger partial charge in [-0.2, -0.15) is 0 Å². The van der Waals surface area contributed by atoms with Crippen molar-refractivity contribution >= 4 is 23.6 Å². The highest BCUT2D eigenvalue weighted by Gasteiger charge is 2.09. The molecule has 0 aromatic heterocycles. The van der Waals surface area contributed by atoms with Gasteiger partial charge in [0.25, 0.3) is 0 Å². The van der Waals surface area contributed by atoms with Gasteiger partial charge in [0.1, 0.15) is 11.5 Å². The molecule has 0 spiro atoms. The summed E-state index contributed by atoms with van der Waals surface area (Å²) in [6, 6.07) is 12.5. The predicted molar refractivity (Wildman–Crippen MR) is 106 cm³/mol. The van der Waals surface area contributed by atoms with Gasteiger partial charge in [-0.3, -0.25) is 9.59 Å². The molecule has 1 atom stereocenters. The smallest absolute Gasteiger partial charge is 0.244 e. The van der Waals surface area contributed by atoms with Crippen molar-refractivity contribution in [2.75, 3.05) is 19.5 Å². The second kappa shape index (κ2) is 9.43. The largest absolute Gasteiger partial charge is 0.497 e. The lowest BCUT2D eigenvalue weighted by Crippen LogP contribution is -2.24. The molecule has 0 aliphatic heterocycles. The van der Waals surface area contributed by atoms with Gasteiger partial charge in [-0.1, -0.05) is 12.1 Å². The summed E-state index contributed by atoms with van der Waals surface area (Å²) in [5, 5.41) is 5.64. The summed E-state index contributed by atoms with van der Waals surface area (Å²) in [5.41, 5.74) is 2.36. The van der Waals surface area contributed by atoms with Crippen LogP contribution in [-0.2, 0) is 9.59 Å². The molecule has 0 saturated heterocycles. The number of nitrogens with one attached hydrogen (secondary N) is 2. The third-order valence-electron chi connectivity index (χ3n) is 3.92. The Morgan fingerprint density at radius 2 is 1.85 bits per heavy atom. The van der Waals surface area contributed by atoms with Crippen molar-refractivity contribution in [3.63, 3.8) is 0 Å². The minimum atomic E-state index is -0.231. The third kappa shape index (κ3) is 5.88. The molecule has 0 aliphatic carbocycles. The Labute approximate surface area is 159 Å². The molecular weight excluding hydrogens is 344 g/mol. The fourth-order valence-corrected chi connectivity index (χ4v) is 2.56. The van der Waals surface area contributed by atoms with Crippen LogP contribution in [0.2, 0.25) is 0 Å². The lowest BCUT2D eigenvalue weighted by atomic mass is 10.1. The number of carbonyl (C=O) groups excluding carboxylic acids is 2. The molecule has 0 heterocycles. The van der Waals surface area contributed by atoms with Crippen LogP contribution in [-0.4, -0.2) is 26.0 Å². The molecule has 2 aromatic rings. The minimum absolute atomic E-state index is 0.139. The molecule has 0 saturated carbocycles. The topological polar surface area (TPSA) is 76.7 Å². The summed E-state index contributed by atoms with van der Waals surface area (Å²) in [5.74, 6) is 0.932. The Bertz CT molecular complexity index is 846. The summed E-state index contributed by atoms with van der Waals surface area (Å²) in [6.45, 7) is 3.34. The van der Waals surface area contributed by atoms with Gasteiger partial charge in [0.2, 0.25) is 11.8 Å². The quantitative estimate of drug-likeness (QED) is 0.733. The van der Waals surface area contributed by atoms with Gasteiger partial charge in [-0.15, -0.1) is 0 Å². The van der Waals surface area contributed by atoms with Crippen LogP contribution < -0.4 is 20.1 Å². The standard InChI is InChI=1S/C21H24N2O4/c1-14(17-6-5-7-18(12-17)23-15(2)24)22-21(25)11-9-16-8-10-19(26-3)13-20(16)27-4/h5-14H,1-4H3,(H,22,25)(H,23,24)/b11-9+. The van der Waals surface area contributed by atoms with Gasteiger partial charge in [0.15, 0.2) is 0 Å². The van der Waals surface area contributed by atoms with Gasteiger partial charge >= 0.3 is 0 Å². The molecule has 0 radical (unpaired) electrons. The van der Waals surface area contributed by atoms with E-state index in [1.54, 1.807) is 38.5 Å². The Hall–Kier alpha value is -3.28. The highest BCUT2D eigenvalue weighted by Crippen LogP contribution is 2.25. The Kier molecular flexibility index (Phi) is 7.00. The Morgan fingerprint density at radius 3 is 2.52 bits per heavy atom. The molecular formula is C21H24N2O4. The summed E-state index contributed by atoms with van der Waals surface area (Å²) >= 11 is 0. The van der Waals surface area contributed by atoms with Gasteiger partial charge in [0, 0.05) is 30.3 Å². The molecule has 142 valence electrons. The van der Waals surface area contributed by atoms with Crippen LogP contribution in [0.5, 0.6) is 11.5 Å². The Morgan fingerprint density at radius 1 is 1.07 bits per heavy atom. The van der Waals surface area contributed by atoms with Crippen LogP contribution in [0, 0.1) is 0 Å².